The van der Waals surface area contributed by atoms with E-state index in [0.29, 0.717) is 11.6 Å². The van der Waals surface area contributed by atoms with Crippen molar-refractivity contribution in [1.82, 2.24) is 4.98 Å². The number of Topliss-reactive ketones (excluding diaryl/α,β-unsaturated/α-hetero) is 1. The number of hydrogen-bond donors (Lipinski definition) is 0. The molecule has 1 unspecified atom stereocenters. The van der Waals surface area contributed by atoms with Gasteiger partial charge in [0, 0.05) is 6.42 Å². The number of thiazole rings is 1. The Kier molecular flexibility index (Phi) is 4.88. The summed E-state index contributed by atoms with van der Waals surface area (Å²) < 4.78 is 6.38. The van der Waals surface area contributed by atoms with E-state index in [-0.39, 0.29) is 12.2 Å². The molecule has 120 valence electrons. The van der Waals surface area contributed by atoms with Crippen LogP contribution in [0.15, 0.2) is 48.5 Å². The Morgan fingerprint density at radius 3 is 2.67 bits per heavy atom. The summed E-state index contributed by atoms with van der Waals surface area (Å²) in [6, 6.07) is 17.2. The number of nitriles is 1. The molecule has 0 saturated heterocycles. The van der Waals surface area contributed by atoms with Crippen molar-refractivity contribution in [1.29, 1.82) is 5.26 Å². The number of rotatable bonds is 6. The number of fused-ring (bicyclic) bond motifs is 1. The first-order valence-electron chi connectivity index (χ1n) is 7.70. The summed E-state index contributed by atoms with van der Waals surface area (Å²) in [6.45, 7) is 2.53. The smallest absolute Gasteiger partial charge is 0.161 e. The first-order chi connectivity index (χ1) is 11.7. The maximum absolute atomic E-state index is 12.5. The van der Waals surface area contributed by atoms with Gasteiger partial charge >= 0.3 is 0 Å². The highest BCUT2D eigenvalue weighted by atomic mass is 32.1. The lowest BCUT2D eigenvalue weighted by Gasteiger charge is -2.07. The Bertz CT molecular complexity index is 861. The summed E-state index contributed by atoms with van der Waals surface area (Å²) in [5, 5.41) is 10.0. The molecule has 3 aromatic rings. The van der Waals surface area contributed by atoms with Gasteiger partial charge in [0.15, 0.2) is 11.7 Å². The second kappa shape index (κ2) is 7.24. The van der Waals surface area contributed by atoms with E-state index >= 15 is 0 Å². The van der Waals surface area contributed by atoms with E-state index in [1.807, 2.05) is 55.5 Å². The second-order valence-electron chi connectivity index (χ2n) is 5.30. The minimum Gasteiger partial charge on any atom is -0.494 e. The number of hydrogen-bond acceptors (Lipinski definition) is 5. The molecule has 1 aromatic heterocycles. The van der Waals surface area contributed by atoms with Gasteiger partial charge in [0.2, 0.25) is 0 Å². The average Bonchev–Trinajstić information content (AvgIpc) is 3.01. The molecule has 0 amide bonds. The van der Waals surface area contributed by atoms with Crippen molar-refractivity contribution in [3.8, 4) is 11.8 Å². The first kappa shape index (κ1) is 16.2. The fraction of sp³-hybridized carbons (Fsp3) is 0.211. The maximum Gasteiger partial charge on any atom is 0.161 e. The molecule has 0 aliphatic heterocycles. The number of ether oxygens (including phenoxy) is 1. The number of para-hydroxylation sites is 1. The lowest BCUT2D eigenvalue weighted by molar-refractivity contribution is -0.118. The lowest BCUT2D eigenvalue weighted by Crippen LogP contribution is -2.13. The molecule has 24 heavy (non-hydrogen) atoms. The fourth-order valence-electron chi connectivity index (χ4n) is 2.45. The molecule has 0 aliphatic carbocycles. The van der Waals surface area contributed by atoms with Gasteiger partial charge in [0.1, 0.15) is 10.8 Å². The van der Waals surface area contributed by atoms with Crippen LogP contribution in [0.25, 0.3) is 10.2 Å². The van der Waals surface area contributed by atoms with Crippen molar-refractivity contribution in [3.05, 3.63) is 59.1 Å². The highest BCUT2D eigenvalue weighted by Gasteiger charge is 2.24. The summed E-state index contributed by atoms with van der Waals surface area (Å²) in [5.74, 6) is -0.189. The molecule has 0 saturated carbocycles. The first-order valence-corrected chi connectivity index (χ1v) is 8.52. The Hall–Kier alpha value is -2.71. The van der Waals surface area contributed by atoms with Gasteiger partial charge in [0.25, 0.3) is 0 Å². The standard InChI is InChI=1S/C19H16N2O2S/c1-2-23-14-9-7-13(8-10-14)11-17(22)15(12-20)19-21-16-5-3-4-6-18(16)24-19/h3-10,15H,2,11H2,1H3. The van der Waals surface area contributed by atoms with Crippen LogP contribution >= 0.6 is 11.3 Å². The number of nitrogens with zero attached hydrogens (tertiary/aromatic N) is 2. The molecular formula is C19H16N2O2S. The highest BCUT2D eigenvalue weighted by Crippen LogP contribution is 2.28. The van der Waals surface area contributed by atoms with Gasteiger partial charge in [-0.05, 0) is 36.8 Å². The lowest BCUT2D eigenvalue weighted by atomic mass is 9.99. The molecule has 4 nitrogen and oxygen atoms in total. The molecule has 0 radical (unpaired) electrons. The predicted octanol–water partition coefficient (Wildman–Crippen LogP) is 4.11. The van der Waals surface area contributed by atoms with Gasteiger partial charge in [-0.3, -0.25) is 4.79 Å². The summed E-state index contributed by atoms with van der Waals surface area (Å²) >= 11 is 1.40. The molecule has 0 aliphatic rings. The minimum absolute atomic E-state index is 0.138. The van der Waals surface area contributed by atoms with E-state index in [2.05, 4.69) is 11.1 Å². The van der Waals surface area contributed by atoms with Crippen molar-refractivity contribution in [3.63, 3.8) is 0 Å². The molecule has 0 fully saturated rings. The van der Waals surface area contributed by atoms with Gasteiger partial charge in [0.05, 0.1) is 22.9 Å². The van der Waals surface area contributed by atoms with Crippen LogP contribution in [0.4, 0.5) is 0 Å². The van der Waals surface area contributed by atoms with Crippen LogP contribution in [-0.4, -0.2) is 17.4 Å². The number of carbonyl (C=O) groups is 1. The SMILES string of the molecule is CCOc1ccc(CC(=O)C(C#N)c2nc3ccccc3s2)cc1. The monoisotopic (exact) mass is 336 g/mol. The van der Waals surface area contributed by atoms with E-state index in [0.717, 1.165) is 21.5 Å². The Balaban J connectivity index is 1.77. The zero-order chi connectivity index (χ0) is 16.9. The second-order valence-corrected chi connectivity index (χ2v) is 6.36. The van der Waals surface area contributed by atoms with E-state index < -0.39 is 5.92 Å². The molecule has 0 spiro atoms. The Morgan fingerprint density at radius 2 is 2.00 bits per heavy atom. The van der Waals surface area contributed by atoms with Gasteiger partial charge < -0.3 is 4.74 Å². The van der Waals surface area contributed by atoms with Gasteiger partial charge in [-0.2, -0.15) is 5.26 Å². The third-order valence-corrected chi connectivity index (χ3v) is 4.72. The largest absolute Gasteiger partial charge is 0.494 e. The molecule has 1 heterocycles. The molecule has 0 bridgehead atoms. The summed E-state index contributed by atoms with van der Waals surface area (Å²) in [7, 11) is 0. The molecule has 0 N–H and O–H groups in total. The van der Waals surface area contributed by atoms with E-state index in [4.69, 9.17) is 4.74 Å². The number of aromatic nitrogens is 1. The van der Waals surface area contributed by atoms with Crippen LogP contribution in [0.5, 0.6) is 5.75 Å². The van der Waals surface area contributed by atoms with E-state index in [1.165, 1.54) is 11.3 Å². The van der Waals surface area contributed by atoms with E-state index in [1.54, 1.807) is 0 Å². The van der Waals surface area contributed by atoms with Crippen molar-refractivity contribution in [2.75, 3.05) is 6.61 Å². The van der Waals surface area contributed by atoms with Crippen LogP contribution in [0.3, 0.4) is 0 Å². The predicted molar refractivity (Wildman–Crippen MR) is 94.3 cm³/mol. The van der Waals surface area contributed by atoms with Gasteiger partial charge in [-0.15, -0.1) is 11.3 Å². The summed E-state index contributed by atoms with van der Waals surface area (Å²) in [6.07, 6.45) is 0.209. The average molecular weight is 336 g/mol. The quantitative estimate of drug-likeness (QED) is 0.679. The van der Waals surface area contributed by atoms with E-state index in [9.17, 15) is 10.1 Å². The third kappa shape index (κ3) is 3.44. The Morgan fingerprint density at radius 1 is 1.25 bits per heavy atom. The van der Waals surface area contributed by atoms with Crippen LogP contribution in [0.2, 0.25) is 0 Å². The molecule has 3 rings (SSSR count). The maximum atomic E-state index is 12.5. The van der Waals surface area contributed by atoms with Crippen LogP contribution in [0, 0.1) is 11.3 Å². The molecular weight excluding hydrogens is 320 g/mol. The third-order valence-electron chi connectivity index (χ3n) is 3.62. The van der Waals surface area contributed by atoms with Crippen molar-refractivity contribution in [2.24, 2.45) is 0 Å². The molecule has 1 atom stereocenters. The number of ketones is 1. The molecule has 5 heteroatoms. The summed E-state index contributed by atoms with van der Waals surface area (Å²) in [5.41, 5.74) is 1.69. The number of carbonyl (C=O) groups excluding carboxylic acids is 1. The normalized spacial score (nSPS) is 11.8. The van der Waals surface area contributed by atoms with Crippen molar-refractivity contribution >= 4 is 27.3 Å². The topological polar surface area (TPSA) is 63.0 Å². The van der Waals surface area contributed by atoms with Crippen LogP contribution < -0.4 is 4.74 Å². The molecule has 2 aromatic carbocycles. The minimum atomic E-state index is -0.825. The Labute approximate surface area is 144 Å². The van der Waals surface area contributed by atoms with Crippen LogP contribution in [0.1, 0.15) is 23.4 Å². The van der Waals surface area contributed by atoms with Crippen LogP contribution in [-0.2, 0) is 11.2 Å². The zero-order valence-corrected chi connectivity index (χ0v) is 14.0. The van der Waals surface area contributed by atoms with Crippen molar-refractivity contribution in [2.45, 2.75) is 19.3 Å². The number of benzene rings is 2. The van der Waals surface area contributed by atoms with Gasteiger partial charge in [-0.25, -0.2) is 4.98 Å². The highest BCUT2D eigenvalue weighted by molar-refractivity contribution is 7.18. The van der Waals surface area contributed by atoms with Gasteiger partial charge in [-0.1, -0.05) is 24.3 Å². The summed E-state index contributed by atoms with van der Waals surface area (Å²) in [4.78, 5) is 17.0. The zero-order valence-electron chi connectivity index (χ0n) is 13.2. The van der Waals surface area contributed by atoms with Crippen molar-refractivity contribution < 1.29 is 9.53 Å². The fourth-order valence-corrected chi connectivity index (χ4v) is 3.49.